The number of nitrogens with zero attached hydrogens (tertiary/aromatic N) is 1. The second-order valence-corrected chi connectivity index (χ2v) is 7.42. The summed E-state index contributed by atoms with van der Waals surface area (Å²) in [7, 11) is 0. The summed E-state index contributed by atoms with van der Waals surface area (Å²) >= 11 is -0.816. The van der Waals surface area contributed by atoms with Gasteiger partial charge in [-0.15, -0.1) is 0 Å². The molecule has 9 heteroatoms. The van der Waals surface area contributed by atoms with Crippen LogP contribution in [0.15, 0.2) is 30.3 Å². The van der Waals surface area contributed by atoms with Crippen molar-refractivity contribution in [3.63, 3.8) is 0 Å². The molecule has 0 saturated carbocycles. The van der Waals surface area contributed by atoms with Gasteiger partial charge >= 0.3 is 124 Å². The first kappa shape index (κ1) is 17.5. The maximum atomic E-state index is 12.2. The molecule has 0 amide bonds. The Kier molecular flexibility index (Phi) is 5.36. The van der Waals surface area contributed by atoms with Crippen molar-refractivity contribution < 1.29 is 27.6 Å². The van der Waals surface area contributed by atoms with E-state index in [9.17, 15) is 28.1 Å². The van der Waals surface area contributed by atoms with Gasteiger partial charge in [0.2, 0.25) is 0 Å². The molecule has 0 aromatic heterocycles. The van der Waals surface area contributed by atoms with Gasteiger partial charge < -0.3 is 0 Å². The zero-order valence-corrected chi connectivity index (χ0v) is 12.8. The van der Waals surface area contributed by atoms with Crippen LogP contribution in [0.4, 0.5) is 13.2 Å². The summed E-state index contributed by atoms with van der Waals surface area (Å²) in [4.78, 5) is 21.4. The van der Waals surface area contributed by atoms with Crippen LogP contribution in [-0.2, 0) is 9.53 Å². The first-order chi connectivity index (χ1) is 9.57. The Labute approximate surface area is 124 Å². The van der Waals surface area contributed by atoms with E-state index in [0.29, 0.717) is 4.46 Å². The molecule has 1 rings (SSSR count). The van der Waals surface area contributed by atoms with Crippen molar-refractivity contribution in [3.8, 4) is 0 Å². The van der Waals surface area contributed by atoms with Crippen molar-refractivity contribution in [2.24, 2.45) is 0 Å². The summed E-state index contributed by atoms with van der Waals surface area (Å²) in [6.07, 6.45) is -6.69. The van der Waals surface area contributed by atoms with E-state index in [4.69, 9.17) is 0 Å². The molecule has 0 fully saturated rings. The third-order valence-corrected chi connectivity index (χ3v) is 5.64. The Morgan fingerprint density at radius 1 is 1.33 bits per heavy atom. The number of ether oxygens (including phenoxy) is 1. The van der Waals surface area contributed by atoms with Gasteiger partial charge in [0.05, 0.1) is 0 Å². The fourth-order valence-corrected chi connectivity index (χ4v) is 3.55. The zero-order chi connectivity index (χ0) is 16.3. The normalized spacial score (nSPS) is 15.9. The van der Waals surface area contributed by atoms with Crippen molar-refractivity contribution in [1.82, 2.24) is 0 Å². The van der Waals surface area contributed by atoms with Crippen LogP contribution in [0, 0.1) is 10.1 Å². The molecule has 2 atom stereocenters. The Bertz CT molecular complexity index is 523. The number of rotatable bonds is 5. The SMILES string of the molecule is CC(OC(=O)C(F)(F)F)C(C)([Se]c1ccccc1)[N+](=O)[O-]. The number of alkyl halides is 3. The van der Waals surface area contributed by atoms with Gasteiger partial charge in [0.1, 0.15) is 0 Å². The maximum absolute atomic E-state index is 12.2. The first-order valence-electron chi connectivity index (χ1n) is 5.73. The van der Waals surface area contributed by atoms with E-state index in [1.807, 2.05) is 0 Å². The predicted octanol–water partition coefficient (Wildman–Crippen LogP) is 1.50. The molecule has 0 bridgehead atoms. The zero-order valence-electron chi connectivity index (χ0n) is 11.1. The second-order valence-electron chi connectivity index (χ2n) is 4.27. The van der Waals surface area contributed by atoms with Gasteiger partial charge in [-0.1, -0.05) is 0 Å². The average Bonchev–Trinajstić information content (AvgIpc) is 2.38. The van der Waals surface area contributed by atoms with Crippen LogP contribution >= 0.6 is 0 Å². The van der Waals surface area contributed by atoms with E-state index in [-0.39, 0.29) is 0 Å². The van der Waals surface area contributed by atoms with Gasteiger partial charge in [0.25, 0.3) is 0 Å². The predicted molar refractivity (Wildman–Crippen MR) is 68.8 cm³/mol. The van der Waals surface area contributed by atoms with E-state index in [1.165, 1.54) is 6.92 Å². The van der Waals surface area contributed by atoms with Gasteiger partial charge in [-0.3, -0.25) is 0 Å². The Hall–Kier alpha value is -1.60. The van der Waals surface area contributed by atoms with Crippen LogP contribution in [0.25, 0.3) is 0 Å². The number of carbonyl (C=O) groups excluding carboxylic acids is 1. The van der Waals surface area contributed by atoms with Crippen molar-refractivity contribution >= 4 is 25.4 Å². The number of esters is 1. The molecule has 5 nitrogen and oxygen atoms in total. The number of nitro groups is 1. The van der Waals surface area contributed by atoms with E-state index < -0.39 is 42.6 Å². The standard InChI is InChI=1S/C12H12F3NO4Se/c1-8(20-10(17)12(13,14)15)11(2,16(18)19)21-9-6-4-3-5-7-9/h3-8H,1-2H3. The summed E-state index contributed by atoms with van der Waals surface area (Å²) in [5.74, 6) is -2.42. The molecule has 0 heterocycles. The molecule has 0 aliphatic heterocycles. The minimum atomic E-state index is -5.18. The molecule has 0 spiro atoms. The van der Waals surface area contributed by atoms with Gasteiger partial charge in [-0.2, -0.15) is 0 Å². The van der Waals surface area contributed by atoms with Crippen molar-refractivity contribution in [1.29, 1.82) is 0 Å². The molecule has 0 N–H and O–H groups in total. The summed E-state index contributed by atoms with van der Waals surface area (Å²) < 4.78 is 39.6. The van der Waals surface area contributed by atoms with Crippen molar-refractivity contribution in [2.45, 2.75) is 30.6 Å². The van der Waals surface area contributed by atoms with Gasteiger partial charge in [0, 0.05) is 0 Å². The van der Waals surface area contributed by atoms with Crippen LogP contribution < -0.4 is 4.46 Å². The van der Waals surface area contributed by atoms with Gasteiger partial charge in [0.15, 0.2) is 0 Å². The van der Waals surface area contributed by atoms with Crippen LogP contribution in [0.3, 0.4) is 0 Å². The average molecular weight is 370 g/mol. The molecule has 0 aliphatic carbocycles. The van der Waals surface area contributed by atoms with Crippen LogP contribution in [0.2, 0.25) is 0 Å². The molecule has 0 aliphatic rings. The third kappa shape index (κ3) is 4.44. The number of halogens is 3. The molecule has 1 aromatic carbocycles. The van der Waals surface area contributed by atoms with Crippen LogP contribution in [0.5, 0.6) is 0 Å². The molecule has 2 unspecified atom stereocenters. The Morgan fingerprint density at radius 2 is 1.86 bits per heavy atom. The second kappa shape index (κ2) is 6.44. The molecular formula is C12H12F3NO4Se. The molecule has 21 heavy (non-hydrogen) atoms. The van der Waals surface area contributed by atoms with Crippen LogP contribution in [-0.4, -0.2) is 42.6 Å². The van der Waals surface area contributed by atoms with E-state index in [1.54, 1.807) is 30.3 Å². The number of hydrogen-bond acceptors (Lipinski definition) is 4. The van der Waals surface area contributed by atoms with Crippen molar-refractivity contribution in [3.05, 3.63) is 40.4 Å². The molecule has 1 aromatic rings. The molecular weight excluding hydrogens is 358 g/mol. The molecule has 0 radical (unpaired) electrons. The van der Waals surface area contributed by atoms with E-state index >= 15 is 0 Å². The number of hydrogen-bond donors (Lipinski definition) is 0. The quantitative estimate of drug-likeness (QED) is 0.341. The van der Waals surface area contributed by atoms with E-state index in [2.05, 4.69) is 4.74 Å². The summed E-state index contributed by atoms with van der Waals surface area (Å²) in [6.45, 7) is 2.27. The topological polar surface area (TPSA) is 69.4 Å². The third-order valence-electron chi connectivity index (χ3n) is 2.70. The summed E-state index contributed by atoms with van der Waals surface area (Å²) in [5, 5.41) is 11.2. The fourth-order valence-electron chi connectivity index (χ4n) is 1.33. The van der Waals surface area contributed by atoms with Crippen LogP contribution in [0.1, 0.15) is 13.8 Å². The van der Waals surface area contributed by atoms with Gasteiger partial charge in [-0.25, -0.2) is 0 Å². The Balaban J connectivity index is 2.94. The minimum absolute atomic E-state index is 0.624. The number of carbonyl (C=O) groups is 1. The van der Waals surface area contributed by atoms with Crippen molar-refractivity contribution in [2.75, 3.05) is 0 Å². The van der Waals surface area contributed by atoms with E-state index in [0.717, 1.165) is 6.92 Å². The molecule has 0 saturated heterocycles. The Morgan fingerprint density at radius 3 is 2.29 bits per heavy atom. The summed E-state index contributed by atoms with van der Waals surface area (Å²) in [5.41, 5.74) is 0. The fraction of sp³-hybridized carbons (Fsp3) is 0.417. The monoisotopic (exact) mass is 371 g/mol. The molecule has 116 valence electrons. The first-order valence-corrected chi connectivity index (χ1v) is 7.45. The number of benzene rings is 1. The summed E-state index contributed by atoms with van der Waals surface area (Å²) in [6, 6.07) is 8.34. The van der Waals surface area contributed by atoms with Gasteiger partial charge in [-0.05, 0) is 0 Å².